The van der Waals surface area contributed by atoms with Gasteiger partial charge in [-0.3, -0.25) is 4.79 Å². The predicted octanol–water partition coefficient (Wildman–Crippen LogP) is 2.01. The molecular weight excluding hydrogens is 216 g/mol. The molecule has 0 saturated carbocycles. The van der Waals surface area contributed by atoms with Gasteiger partial charge < -0.3 is 16.2 Å². The molecule has 0 aliphatic rings. The number of carbonyl (C=O) groups is 1. The van der Waals surface area contributed by atoms with Crippen LogP contribution in [0.5, 0.6) is 5.75 Å². The molecule has 0 spiro atoms. The van der Waals surface area contributed by atoms with Crippen LogP contribution in [-0.2, 0) is 4.79 Å². The Morgan fingerprint density at radius 2 is 2.00 bits per heavy atom. The smallest absolute Gasteiger partial charge is 0.241 e. The van der Waals surface area contributed by atoms with Gasteiger partial charge in [0.2, 0.25) is 5.91 Å². The van der Waals surface area contributed by atoms with Crippen molar-refractivity contribution in [2.75, 3.05) is 5.32 Å². The number of carbonyl (C=O) groups excluding carboxylic acids is 1. The fourth-order valence-electron chi connectivity index (χ4n) is 1.30. The van der Waals surface area contributed by atoms with Gasteiger partial charge in [0.25, 0.3) is 0 Å². The summed E-state index contributed by atoms with van der Waals surface area (Å²) >= 11 is 0. The van der Waals surface area contributed by atoms with E-state index in [1.165, 1.54) is 6.07 Å². The Morgan fingerprint density at radius 3 is 2.47 bits per heavy atom. The summed E-state index contributed by atoms with van der Waals surface area (Å²) in [6.45, 7) is 7.51. The molecule has 0 bridgehead atoms. The number of nitrogens with one attached hydrogen (secondary N) is 1. The number of rotatable bonds is 2. The summed E-state index contributed by atoms with van der Waals surface area (Å²) in [4.78, 5) is 11.8. The third kappa shape index (κ3) is 3.46. The van der Waals surface area contributed by atoms with Crippen LogP contribution < -0.4 is 11.1 Å². The maximum atomic E-state index is 11.8. The molecule has 0 fully saturated rings. The number of aromatic hydroxyl groups is 1. The number of phenolic OH excluding ortho intramolecular Hbond substituents is 1. The van der Waals surface area contributed by atoms with E-state index >= 15 is 0 Å². The Morgan fingerprint density at radius 1 is 1.41 bits per heavy atom. The first-order valence-electron chi connectivity index (χ1n) is 5.58. The van der Waals surface area contributed by atoms with Gasteiger partial charge in [-0.15, -0.1) is 0 Å². The number of anilines is 1. The van der Waals surface area contributed by atoms with Gasteiger partial charge in [-0.25, -0.2) is 0 Å². The Kier molecular flexibility index (Phi) is 3.78. The van der Waals surface area contributed by atoms with Crippen molar-refractivity contribution in [1.82, 2.24) is 0 Å². The van der Waals surface area contributed by atoms with Crippen LogP contribution >= 0.6 is 0 Å². The molecule has 1 aromatic rings. The fourth-order valence-corrected chi connectivity index (χ4v) is 1.30. The third-order valence-electron chi connectivity index (χ3n) is 2.69. The SMILES string of the molecule is Cc1ccc(NC(=O)[C@@H](N)C(C)(C)C)cc1O. The Bertz CT molecular complexity index is 422. The summed E-state index contributed by atoms with van der Waals surface area (Å²) in [7, 11) is 0. The summed E-state index contributed by atoms with van der Waals surface area (Å²) in [5, 5.41) is 12.2. The first-order chi connectivity index (χ1) is 7.71. The highest BCUT2D eigenvalue weighted by Crippen LogP contribution is 2.22. The molecule has 4 N–H and O–H groups in total. The quantitative estimate of drug-likeness (QED) is 0.735. The predicted molar refractivity (Wildman–Crippen MR) is 68.9 cm³/mol. The molecule has 0 radical (unpaired) electrons. The number of hydrogen-bond acceptors (Lipinski definition) is 3. The second-order valence-electron chi connectivity index (χ2n) is 5.33. The molecule has 0 unspecified atom stereocenters. The van der Waals surface area contributed by atoms with Crippen LogP contribution in [-0.4, -0.2) is 17.1 Å². The van der Waals surface area contributed by atoms with Crippen LogP contribution in [0.3, 0.4) is 0 Å². The Hall–Kier alpha value is -1.55. The average Bonchev–Trinajstić information content (AvgIpc) is 2.21. The molecule has 0 saturated heterocycles. The van der Waals surface area contributed by atoms with E-state index in [1.54, 1.807) is 19.1 Å². The van der Waals surface area contributed by atoms with Crippen molar-refractivity contribution in [3.63, 3.8) is 0 Å². The molecule has 17 heavy (non-hydrogen) atoms. The highest BCUT2D eigenvalue weighted by molar-refractivity contribution is 5.95. The summed E-state index contributed by atoms with van der Waals surface area (Å²) < 4.78 is 0. The van der Waals surface area contributed by atoms with Crippen LogP contribution in [0.4, 0.5) is 5.69 Å². The van der Waals surface area contributed by atoms with Crippen molar-refractivity contribution in [3.05, 3.63) is 23.8 Å². The van der Waals surface area contributed by atoms with Crippen LogP contribution in [0.15, 0.2) is 18.2 Å². The molecule has 0 aliphatic heterocycles. The van der Waals surface area contributed by atoms with Gasteiger partial charge in [-0.05, 0) is 24.0 Å². The molecule has 1 rings (SSSR count). The number of benzene rings is 1. The highest BCUT2D eigenvalue weighted by Gasteiger charge is 2.27. The molecule has 4 nitrogen and oxygen atoms in total. The van der Waals surface area contributed by atoms with Crippen LogP contribution in [0, 0.1) is 12.3 Å². The van der Waals surface area contributed by atoms with Gasteiger partial charge in [0.15, 0.2) is 0 Å². The standard InChI is InChI=1S/C13H20N2O2/c1-8-5-6-9(7-10(8)16)15-12(17)11(14)13(2,3)4/h5-7,11,16H,14H2,1-4H3,(H,15,17)/t11-/m1/s1. The van der Waals surface area contributed by atoms with Crippen molar-refractivity contribution in [1.29, 1.82) is 0 Å². The largest absolute Gasteiger partial charge is 0.508 e. The lowest BCUT2D eigenvalue weighted by atomic mass is 9.87. The van der Waals surface area contributed by atoms with E-state index in [0.717, 1.165) is 5.56 Å². The van der Waals surface area contributed by atoms with E-state index in [-0.39, 0.29) is 17.1 Å². The first kappa shape index (κ1) is 13.5. The average molecular weight is 236 g/mol. The molecule has 0 heterocycles. The Balaban J connectivity index is 2.78. The number of hydrogen-bond donors (Lipinski definition) is 3. The van der Waals surface area contributed by atoms with E-state index < -0.39 is 6.04 Å². The normalized spacial score (nSPS) is 13.2. The Labute approximate surface area is 102 Å². The monoisotopic (exact) mass is 236 g/mol. The number of aryl methyl sites for hydroxylation is 1. The maximum Gasteiger partial charge on any atom is 0.241 e. The van der Waals surface area contributed by atoms with Crippen LogP contribution in [0.1, 0.15) is 26.3 Å². The number of amides is 1. The van der Waals surface area contributed by atoms with Gasteiger partial charge in [0, 0.05) is 11.8 Å². The molecule has 94 valence electrons. The van der Waals surface area contributed by atoms with Crippen LogP contribution in [0.2, 0.25) is 0 Å². The minimum Gasteiger partial charge on any atom is -0.508 e. The van der Waals surface area contributed by atoms with E-state index in [9.17, 15) is 9.90 Å². The minimum absolute atomic E-state index is 0.159. The summed E-state index contributed by atoms with van der Waals surface area (Å²) in [6.07, 6.45) is 0. The maximum absolute atomic E-state index is 11.8. The van der Waals surface area contributed by atoms with Crippen molar-refractivity contribution in [3.8, 4) is 5.75 Å². The summed E-state index contributed by atoms with van der Waals surface area (Å²) in [5.74, 6) is -0.0899. The number of nitrogens with two attached hydrogens (primary N) is 1. The van der Waals surface area contributed by atoms with E-state index in [0.29, 0.717) is 5.69 Å². The minimum atomic E-state index is -0.592. The summed E-state index contributed by atoms with van der Waals surface area (Å²) in [6, 6.07) is 4.41. The summed E-state index contributed by atoms with van der Waals surface area (Å²) in [5.41, 5.74) is 6.86. The van der Waals surface area contributed by atoms with Gasteiger partial charge in [-0.1, -0.05) is 26.8 Å². The zero-order valence-corrected chi connectivity index (χ0v) is 10.7. The van der Waals surface area contributed by atoms with Gasteiger partial charge in [0.05, 0.1) is 6.04 Å². The van der Waals surface area contributed by atoms with Crippen molar-refractivity contribution in [2.45, 2.75) is 33.7 Å². The number of phenols is 1. The van der Waals surface area contributed by atoms with Crippen molar-refractivity contribution in [2.24, 2.45) is 11.1 Å². The van der Waals surface area contributed by atoms with Crippen LogP contribution in [0.25, 0.3) is 0 Å². The lowest BCUT2D eigenvalue weighted by Crippen LogP contribution is -2.45. The molecule has 0 aliphatic carbocycles. The van der Waals surface area contributed by atoms with Gasteiger partial charge in [0.1, 0.15) is 5.75 Å². The van der Waals surface area contributed by atoms with E-state index in [4.69, 9.17) is 5.73 Å². The zero-order valence-electron chi connectivity index (χ0n) is 10.7. The van der Waals surface area contributed by atoms with E-state index in [1.807, 2.05) is 20.8 Å². The van der Waals surface area contributed by atoms with Gasteiger partial charge in [-0.2, -0.15) is 0 Å². The first-order valence-corrected chi connectivity index (χ1v) is 5.58. The molecule has 1 atom stereocenters. The lowest BCUT2D eigenvalue weighted by molar-refractivity contribution is -0.119. The van der Waals surface area contributed by atoms with Gasteiger partial charge >= 0.3 is 0 Å². The molecule has 0 aromatic heterocycles. The second-order valence-corrected chi connectivity index (χ2v) is 5.33. The van der Waals surface area contributed by atoms with Crippen molar-refractivity contribution < 1.29 is 9.90 Å². The third-order valence-corrected chi connectivity index (χ3v) is 2.69. The lowest BCUT2D eigenvalue weighted by Gasteiger charge is -2.25. The molecule has 4 heteroatoms. The second kappa shape index (κ2) is 4.75. The van der Waals surface area contributed by atoms with Crippen molar-refractivity contribution >= 4 is 11.6 Å². The topological polar surface area (TPSA) is 75.4 Å². The molecule has 1 aromatic carbocycles. The fraction of sp³-hybridized carbons (Fsp3) is 0.462. The molecular formula is C13H20N2O2. The highest BCUT2D eigenvalue weighted by atomic mass is 16.3. The zero-order chi connectivity index (χ0) is 13.2. The molecule has 1 amide bonds. The van der Waals surface area contributed by atoms with E-state index in [2.05, 4.69) is 5.32 Å².